The van der Waals surface area contributed by atoms with Crippen LogP contribution in [-0.4, -0.2) is 17.1 Å². The average molecular weight is 108 g/mol. The molecule has 3 N–H and O–H groups in total. The van der Waals surface area contributed by atoms with Crippen LogP contribution in [0.2, 0.25) is 0 Å². The summed E-state index contributed by atoms with van der Waals surface area (Å²) in [5.74, 6) is -1.89. The quantitative estimate of drug-likeness (QED) is 0.515. The summed E-state index contributed by atoms with van der Waals surface area (Å²) >= 11 is 0. The van der Waals surface area contributed by atoms with E-state index in [9.17, 15) is 4.79 Å². The SMILES string of the molecule is [2H]C([2H])C([2H])([2H])C([2H])(N)C(=O)O. The molecule has 0 aromatic heterocycles. The van der Waals surface area contributed by atoms with Crippen molar-refractivity contribution in [1.29, 1.82) is 0 Å². The molecule has 7 heavy (non-hydrogen) atoms. The van der Waals surface area contributed by atoms with E-state index in [1.807, 2.05) is 0 Å². The van der Waals surface area contributed by atoms with Crippen LogP contribution in [0.1, 0.15) is 20.1 Å². The van der Waals surface area contributed by atoms with Gasteiger partial charge in [0, 0.05) is 5.48 Å². The maximum absolute atomic E-state index is 10.3. The Balaban J connectivity index is 4.88. The Morgan fingerprint density at radius 2 is 3.14 bits per heavy atom. The van der Waals surface area contributed by atoms with Crippen molar-refractivity contribution in [3.63, 3.8) is 0 Å². The third-order valence-electron chi connectivity index (χ3n) is 0.386. The van der Waals surface area contributed by atoms with Gasteiger partial charge in [-0.3, -0.25) is 4.79 Å². The predicted octanol–water partition coefficient (Wildman–Crippen LogP) is -0.192. The summed E-state index contributed by atoms with van der Waals surface area (Å²) in [5.41, 5.74) is 4.79. The molecule has 0 aliphatic heterocycles. The lowest BCUT2D eigenvalue weighted by atomic mass is 10.2. The van der Waals surface area contributed by atoms with Gasteiger partial charge in [0.25, 0.3) is 0 Å². The molecule has 0 fully saturated rings. The van der Waals surface area contributed by atoms with Crippen molar-refractivity contribution in [3.05, 3.63) is 0 Å². The number of nitrogens with two attached hydrogens (primary N) is 1. The van der Waals surface area contributed by atoms with Crippen LogP contribution in [-0.2, 0) is 4.79 Å². The first-order chi connectivity index (χ1) is 5.14. The molecule has 3 heteroatoms. The van der Waals surface area contributed by atoms with Crippen LogP contribution < -0.4 is 5.73 Å². The monoisotopic (exact) mass is 108 g/mol. The number of carbonyl (C=O) groups is 1. The summed E-state index contributed by atoms with van der Waals surface area (Å²) in [4.78, 5) is 10.3. The van der Waals surface area contributed by atoms with Gasteiger partial charge in [0.15, 0.2) is 0 Å². The first-order valence-electron chi connectivity index (χ1n) is 4.16. The molecule has 0 saturated heterocycles. The molecule has 0 radical (unpaired) electrons. The molecule has 1 unspecified atom stereocenters. The van der Waals surface area contributed by atoms with Gasteiger partial charge in [-0.1, -0.05) is 6.88 Å². The van der Waals surface area contributed by atoms with E-state index in [0.29, 0.717) is 0 Å². The second kappa shape index (κ2) is 2.58. The highest BCUT2D eigenvalue weighted by Gasteiger charge is 2.05. The molecule has 0 aliphatic rings. The van der Waals surface area contributed by atoms with Crippen LogP contribution in [0.5, 0.6) is 0 Å². The zero-order chi connectivity index (χ0) is 10.2. The van der Waals surface area contributed by atoms with E-state index in [4.69, 9.17) is 17.7 Å². The fraction of sp³-hybridized carbons (Fsp3) is 0.750. The minimum absolute atomic E-state index is 1.89. The van der Waals surface area contributed by atoms with Crippen molar-refractivity contribution >= 4 is 5.97 Å². The highest BCUT2D eigenvalue weighted by atomic mass is 16.4. The average Bonchev–Trinajstić information content (AvgIpc) is 1.86. The number of hydrogen-bond acceptors (Lipinski definition) is 2. The molecular formula is C4H9NO2. The van der Waals surface area contributed by atoms with Crippen LogP contribution in [0.4, 0.5) is 0 Å². The standard InChI is InChI=1S/C4H9NO2/c1-2-3(5)4(6)7/h3H,2,5H2,1H3,(H,6,7)/i1D2,2D2,3D. The van der Waals surface area contributed by atoms with E-state index in [2.05, 4.69) is 0 Å². The third kappa shape index (κ3) is 2.17. The van der Waals surface area contributed by atoms with Crippen LogP contribution in [0.15, 0.2) is 0 Å². The van der Waals surface area contributed by atoms with E-state index in [1.165, 1.54) is 0 Å². The Morgan fingerprint density at radius 3 is 3.29 bits per heavy atom. The van der Waals surface area contributed by atoms with Gasteiger partial charge in [0.2, 0.25) is 0 Å². The molecule has 0 aliphatic carbocycles. The van der Waals surface area contributed by atoms with Crippen molar-refractivity contribution in [2.45, 2.75) is 19.3 Å². The van der Waals surface area contributed by atoms with Crippen molar-refractivity contribution in [2.75, 3.05) is 0 Å². The van der Waals surface area contributed by atoms with Crippen molar-refractivity contribution in [1.82, 2.24) is 0 Å². The summed E-state index contributed by atoms with van der Waals surface area (Å²) in [6, 6.07) is -2.96. The molecule has 0 aromatic carbocycles. The Morgan fingerprint density at radius 1 is 2.57 bits per heavy atom. The third-order valence-corrected chi connectivity index (χ3v) is 0.386. The van der Waals surface area contributed by atoms with E-state index in [0.717, 1.165) is 0 Å². The normalized spacial score (nSPS) is 30.9. The van der Waals surface area contributed by atoms with E-state index in [-0.39, 0.29) is 0 Å². The van der Waals surface area contributed by atoms with Crippen molar-refractivity contribution < 1.29 is 16.8 Å². The minimum Gasteiger partial charge on any atom is -0.480 e. The van der Waals surface area contributed by atoms with Crippen molar-refractivity contribution in [3.8, 4) is 0 Å². The Bertz CT molecular complexity index is 192. The summed E-state index contributed by atoms with van der Waals surface area (Å²) in [6.45, 7) is -2.11. The summed E-state index contributed by atoms with van der Waals surface area (Å²) in [5, 5.41) is 8.31. The largest absolute Gasteiger partial charge is 0.480 e. The molecular weight excluding hydrogens is 94.0 g/mol. The van der Waals surface area contributed by atoms with Gasteiger partial charge < -0.3 is 10.8 Å². The smallest absolute Gasteiger partial charge is 0.320 e. The lowest BCUT2D eigenvalue weighted by molar-refractivity contribution is -0.138. The minimum atomic E-state index is -2.96. The van der Waals surface area contributed by atoms with Crippen LogP contribution in [0.3, 0.4) is 0 Å². The molecule has 0 spiro atoms. The first-order valence-corrected chi connectivity index (χ1v) is 1.51. The molecule has 0 saturated carbocycles. The molecule has 0 amide bonds. The number of carboxylic acids is 1. The number of aliphatic carboxylic acids is 1. The topological polar surface area (TPSA) is 63.3 Å². The Hall–Kier alpha value is -0.570. The zero-order valence-electron chi connectivity index (χ0n) is 8.51. The first kappa shape index (κ1) is 1.74. The number of hydrogen-bond donors (Lipinski definition) is 2. The molecule has 1 atom stereocenters. The highest BCUT2D eigenvalue weighted by Crippen LogP contribution is 1.82. The van der Waals surface area contributed by atoms with Gasteiger partial charge in [-0.05, 0) is 6.37 Å². The molecule has 42 valence electrons. The van der Waals surface area contributed by atoms with Gasteiger partial charge >= 0.3 is 5.97 Å². The van der Waals surface area contributed by atoms with Gasteiger partial charge in [-0.25, -0.2) is 0 Å². The Labute approximate surface area is 49.2 Å². The zero-order valence-corrected chi connectivity index (χ0v) is 3.51. The maximum Gasteiger partial charge on any atom is 0.320 e. The van der Waals surface area contributed by atoms with Crippen molar-refractivity contribution in [2.24, 2.45) is 5.73 Å². The van der Waals surface area contributed by atoms with E-state index in [1.54, 1.807) is 0 Å². The van der Waals surface area contributed by atoms with Gasteiger partial charge in [0.05, 0.1) is 1.37 Å². The molecule has 0 aromatic rings. The molecule has 0 rings (SSSR count). The van der Waals surface area contributed by atoms with Gasteiger partial charge in [0.1, 0.15) is 6.02 Å². The fourth-order valence-electron chi connectivity index (χ4n) is 0.0617. The number of rotatable bonds is 2. The lowest BCUT2D eigenvalue weighted by Crippen LogP contribution is -2.28. The van der Waals surface area contributed by atoms with E-state index < -0.39 is 25.2 Å². The fourth-order valence-corrected chi connectivity index (χ4v) is 0.0617. The maximum atomic E-state index is 10.3. The van der Waals surface area contributed by atoms with Gasteiger partial charge in [-0.15, -0.1) is 0 Å². The summed E-state index contributed by atoms with van der Waals surface area (Å²) in [7, 11) is 0. The van der Waals surface area contributed by atoms with Crippen LogP contribution in [0.25, 0.3) is 0 Å². The van der Waals surface area contributed by atoms with Crippen LogP contribution >= 0.6 is 0 Å². The lowest BCUT2D eigenvalue weighted by Gasteiger charge is -1.97. The molecule has 3 nitrogen and oxygen atoms in total. The Kier molecular flexibility index (Phi) is 0.642. The van der Waals surface area contributed by atoms with Gasteiger partial charge in [-0.2, -0.15) is 0 Å². The summed E-state index contributed by atoms with van der Waals surface area (Å²) in [6.07, 6.45) is -2.90. The molecule has 0 bridgehead atoms. The predicted molar refractivity (Wildman–Crippen MR) is 25.9 cm³/mol. The highest BCUT2D eigenvalue weighted by molar-refractivity contribution is 5.72. The molecule has 0 heterocycles. The van der Waals surface area contributed by atoms with Crippen LogP contribution in [0, 0.1) is 0 Å². The van der Waals surface area contributed by atoms with E-state index >= 15 is 0 Å². The number of carboxylic acid groups (broad SMARTS) is 1. The summed E-state index contributed by atoms with van der Waals surface area (Å²) < 4.78 is 34.0. The second-order valence-electron chi connectivity index (χ2n) is 0.863. The second-order valence-corrected chi connectivity index (χ2v) is 0.863.